The summed E-state index contributed by atoms with van der Waals surface area (Å²) in [4.78, 5) is 6.82. The molecule has 0 aromatic carbocycles. The largest absolute Gasteiger partial charge is 1.00 e. The van der Waals surface area contributed by atoms with E-state index in [0.717, 1.165) is 0 Å². The zero-order valence-electron chi connectivity index (χ0n) is 15.3. The van der Waals surface area contributed by atoms with Gasteiger partial charge in [0.2, 0.25) is 5.79 Å². The number of nitrogens with zero attached hydrogens (tertiary/aromatic N) is 3. The second-order valence-corrected chi connectivity index (χ2v) is 5.84. The van der Waals surface area contributed by atoms with Crippen molar-refractivity contribution in [3.05, 3.63) is 10.4 Å². The van der Waals surface area contributed by atoms with Crippen LogP contribution in [0.3, 0.4) is 0 Å². The number of azide groups is 1. The summed E-state index contributed by atoms with van der Waals surface area (Å²) in [6.07, 6.45) is -13.0. The first kappa shape index (κ1) is 24.7. The molecule has 14 nitrogen and oxygen atoms in total. The second kappa shape index (κ2) is 10.5. The Bertz CT molecular complexity index is 533. The molecule has 0 amide bonds. The molecular formula is C12H22N3NaO11. The third kappa shape index (κ3) is 5.01. The molecule has 0 aromatic heterocycles. The fourth-order valence-electron chi connectivity index (χ4n) is 2.75. The normalized spacial score (nSPS) is 44.3. The van der Waals surface area contributed by atoms with Gasteiger partial charge in [0.1, 0.15) is 61.2 Å². The van der Waals surface area contributed by atoms with Crippen LogP contribution in [0.4, 0.5) is 0 Å². The molecule has 2 heterocycles. The summed E-state index contributed by atoms with van der Waals surface area (Å²) in [7, 11) is 0. The first-order chi connectivity index (χ1) is 12.3. The van der Waals surface area contributed by atoms with Crippen LogP contribution in [0, 0.1) is 0 Å². The van der Waals surface area contributed by atoms with Gasteiger partial charge in [0.25, 0.3) is 0 Å². The average Bonchev–Trinajstić information content (AvgIpc) is 2.88. The minimum Gasteiger partial charge on any atom is -1.00 e. The van der Waals surface area contributed by atoms with Crippen LogP contribution in [-0.2, 0) is 19.0 Å². The Morgan fingerprint density at radius 2 is 1.70 bits per heavy atom. The summed E-state index contributed by atoms with van der Waals surface area (Å²) in [5.41, 5.74) is 8.17. The molecule has 7 N–H and O–H groups in total. The molecule has 0 aromatic rings. The standard InChI is InChI=1S/C12H21N3O11.Na.H/c13-14-15-23-2-5-6(18)8(20)9(21)11(24-5)26-12(3-17)10(22)7(19)4(1-16)25-12;;/h4-11,16-22H,1-3H2;;/q;+1;-1/t4-,5-,6-,7-,8+,9-,10+,11-,12+;;/m1../s1. The van der Waals surface area contributed by atoms with Crippen LogP contribution >= 0.6 is 0 Å². The van der Waals surface area contributed by atoms with Crippen molar-refractivity contribution in [1.29, 1.82) is 0 Å². The molecule has 0 aliphatic carbocycles. The van der Waals surface area contributed by atoms with Crippen molar-refractivity contribution in [3.63, 3.8) is 0 Å². The zero-order valence-corrected chi connectivity index (χ0v) is 16.3. The van der Waals surface area contributed by atoms with Crippen molar-refractivity contribution in [2.24, 2.45) is 5.28 Å². The Labute approximate surface area is 176 Å². The molecule has 0 bridgehead atoms. The van der Waals surface area contributed by atoms with Crippen molar-refractivity contribution in [2.45, 2.75) is 54.8 Å². The number of hydrogen-bond donors (Lipinski definition) is 7. The molecule has 27 heavy (non-hydrogen) atoms. The van der Waals surface area contributed by atoms with Crippen molar-refractivity contribution in [1.82, 2.24) is 0 Å². The molecule has 0 unspecified atom stereocenters. The van der Waals surface area contributed by atoms with Crippen molar-refractivity contribution >= 4 is 0 Å². The Hall–Kier alpha value is -0.290. The van der Waals surface area contributed by atoms with Gasteiger partial charge in [-0.25, -0.2) is 0 Å². The molecule has 2 rings (SSSR count). The van der Waals surface area contributed by atoms with Gasteiger partial charge < -0.3 is 56.2 Å². The predicted octanol–water partition coefficient (Wildman–Crippen LogP) is -7.03. The monoisotopic (exact) mass is 407 g/mol. The molecule has 152 valence electrons. The molecule has 2 aliphatic heterocycles. The van der Waals surface area contributed by atoms with Gasteiger partial charge in [0.15, 0.2) is 6.29 Å². The van der Waals surface area contributed by atoms with Gasteiger partial charge in [0.05, 0.1) is 6.61 Å². The van der Waals surface area contributed by atoms with Crippen LogP contribution in [0.15, 0.2) is 5.28 Å². The first-order valence-corrected chi connectivity index (χ1v) is 7.60. The van der Waals surface area contributed by atoms with Gasteiger partial charge in [-0.05, 0) is 5.53 Å². The molecule has 0 saturated carbocycles. The predicted molar refractivity (Wildman–Crippen MR) is 77.8 cm³/mol. The van der Waals surface area contributed by atoms with E-state index in [-0.39, 0.29) is 31.0 Å². The van der Waals surface area contributed by atoms with Gasteiger partial charge in [-0.2, -0.15) is 0 Å². The summed E-state index contributed by atoms with van der Waals surface area (Å²) >= 11 is 0. The molecule has 2 fully saturated rings. The Balaban J connectivity index is 0.00000364. The van der Waals surface area contributed by atoms with E-state index in [0.29, 0.717) is 0 Å². The second-order valence-electron chi connectivity index (χ2n) is 5.84. The fraction of sp³-hybridized carbons (Fsp3) is 1.00. The van der Waals surface area contributed by atoms with Gasteiger partial charge in [-0.15, -0.1) is 0 Å². The molecular weight excluding hydrogens is 385 g/mol. The summed E-state index contributed by atoms with van der Waals surface area (Å²) in [6, 6.07) is 0. The number of aliphatic hydroxyl groups is 7. The smallest absolute Gasteiger partial charge is 1.00 e. The van der Waals surface area contributed by atoms with E-state index in [1.807, 2.05) is 0 Å². The fourth-order valence-corrected chi connectivity index (χ4v) is 2.75. The summed E-state index contributed by atoms with van der Waals surface area (Å²) in [6.45, 7) is -2.19. The van der Waals surface area contributed by atoms with E-state index in [4.69, 9.17) is 24.8 Å². The minimum atomic E-state index is -2.27. The van der Waals surface area contributed by atoms with Gasteiger partial charge in [0, 0.05) is 4.91 Å². The van der Waals surface area contributed by atoms with Crippen LogP contribution in [-0.4, -0.2) is 110 Å². The number of hydrogen-bond acceptors (Lipinski definition) is 12. The van der Waals surface area contributed by atoms with E-state index in [1.54, 1.807) is 0 Å². The van der Waals surface area contributed by atoms with Gasteiger partial charge in [-0.3, -0.25) is 0 Å². The van der Waals surface area contributed by atoms with Gasteiger partial charge in [-0.1, -0.05) is 0 Å². The molecule has 9 atom stereocenters. The SMILES string of the molecule is [H-].[N-]=[N+]=NOC[C@H]1O[C@H](O[C@]2(CO)O[C@H](CO)[C@@H](O)[C@@H]2O)[C@H](O)[C@@H](O)[C@@H]1O.[Na+]. The minimum absolute atomic E-state index is 0. The zero-order chi connectivity index (χ0) is 19.5. The van der Waals surface area contributed by atoms with Crippen molar-refractivity contribution in [2.75, 3.05) is 19.8 Å². The van der Waals surface area contributed by atoms with Crippen LogP contribution in [0.5, 0.6) is 0 Å². The summed E-state index contributed by atoms with van der Waals surface area (Å²) in [5.74, 6) is -2.27. The molecule has 15 heteroatoms. The first-order valence-electron chi connectivity index (χ1n) is 7.60. The third-order valence-electron chi connectivity index (χ3n) is 4.22. The number of aliphatic hydroxyl groups excluding tert-OH is 7. The molecule has 2 saturated heterocycles. The number of ether oxygens (including phenoxy) is 3. The molecule has 0 spiro atoms. The van der Waals surface area contributed by atoms with Gasteiger partial charge >= 0.3 is 29.6 Å². The summed E-state index contributed by atoms with van der Waals surface area (Å²) < 4.78 is 15.7. The van der Waals surface area contributed by atoms with Crippen molar-refractivity contribution < 1.29 is 85.8 Å². The van der Waals surface area contributed by atoms with Crippen molar-refractivity contribution in [3.8, 4) is 0 Å². The average molecular weight is 407 g/mol. The van der Waals surface area contributed by atoms with E-state index in [2.05, 4.69) is 15.0 Å². The molecule has 2 aliphatic rings. The quantitative estimate of drug-likeness (QED) is 0.0689. The number of rotatable bonds is 7. The summed E-state index contributed by atoms with van der Waals surface area (Å²) in [5, 5.41) is 71.2. The Morgan fingerprint density at radius 1 is 1.04 bits per heavy atom. The van der Waals surface area contributed by atoms with Crippen LogP contribution in [0.1, 0.15) is 1.43 Å². The van der Waals surface area contributed by atoms with E-state index >= 15 is 0 Å². The van der Waals surface area contributed by atoms with E-state index < -0.39 is 74.6 Å². The maximum absolute atomic E-state index is 10.1. The third-order valence-corrected chi connectivity index (χ3v) is 4.22. The van der Waals surface area contributed by atoms with Crippen LogP contribution in [0.25, 0.3) is 10.4 Å². The Kier molecular flexibility index (Phi) is 9.60. The molecule has 0 radical (unpaired) electrons. The maximum Gasteiger partial charge on any atom is 1.00 e. The maximum atomic E-state index is 10.1. The topological polar surface area (TPSA) is 227 Å². The van der Waals surface area contributed by atoms with E-state index in [1.165, 1.54) is 0 Å². The van der Waals surface area contributed by atoms with Crippen LogP contribution < -0.4 is 29.6 Å². The van der Waals surface area contributed by atoms with E-state index in [9.17, 15) is 30.6 Å². The van der Waals surface area contributed by atoms with Crippen LogP contribution in [0.2, 0.25) is 0 Å². The Morgan fingerprint density at radius 3 is 2.22 bits per heavy atom.